The summed E-state index contributed by atoms with van der Waals surface area (Å²) in [5.74, 6) is 0. The number of benzene rings is 1. The van der Waals surface area contributed by atoms with Crippen LogP contribution in [0.3, 0.4) is 0 Å². The second-order valence-electron chi connectivity index (χ2n) is 4.97. The second-order valence-corrected chi connectivity index (χ2v) is 5.92. The van der Waals surface area contributed by atoms with Crippen LogP contribution in [-0.4, -0.2) is 21.6 Å². The van der Waals surface area contributed by atoms with Gasteiger partial charge >= 0.3 is 0 Å². The fourth-order valence-corrected chi connectivity index (χ4v) is 3.15. The van der Waals surface area contributed by atoms with E-state index in [0.29, 0.717) is 0 Å². The Morgan fingerprint density at radius 1 is 1.33 bits per heavy atom. The molecule has 2 heterocycles. The molecule has 0 atom stereocenters. The first-order valence-corrected chi connectivity index (χ1v) is 7.71. The Morgan fingerprint density at radius 2 is 2.14 bits per heavy atom. The number of nitrogens with zero attached hydrogens (tertiary/aromatic N) is 3. The molecule has 1 aliphatic rings. The minimum atomic E-state index is 0.784. The summed E-state index contributed by atoms with van der Waals surface area (Å²) in [6.45, 7) is 7.53. The third-order valence-corrected chi connectivity index (χ3v) is 4.37. The van der Waals surface area contributed by atoms with Crippen molar-refractivity contribution in [2.75, 3.05) is 6.54 Å². The topological polar surface area (TPSA) is 28.5 Å². The third-order valence-electron chi connectivity index (χ3n) is 3.28. The molecule has 1 aliphatic heterocycles. The van der Waals surface area contributed by atoms with E-state index in [2.05, 4.69) is 41.6 Å². The lowest BCUT2D eigenvalue weighted by molar-refractivity contribution is 0.455. The van der Waals surface area contributed by atoms with Crippen molar-refractivity contribution in [1.29, 1.82) is 0 Å². The summed E-state index contributed by atoms with van der Waals surface area (Å²) >= 11 is 1.62. The molecule has 0 radical (unpaired) electrons. The van der Waals surface area contributed by atoms with Gasteiger partial charge in [-0.15, -0.1) is 6.58 Å². The van der Waals surface area contributed by atoms with Crippen LogP contribution in [0.1, 0.15) is 11.1 Å². The predicted octanol–water partition coefficient (Wildman–Crippen LogP) is 4.17. The van der Waals surface area contributed by atoms with Crippen molar-refractivity contribution in [3.8, 4) is 0 Å². The largest absolute Gasteiger partial charge is 0.343 e. The van der Waals surface area contributed by atoms with Crippen LogP contribution in [0.4, 0.5) is 5.69 Å². The zero-order chi connectivity index (χ0) is 14.7. The van der Waals surface area contributed by atoms with Crippen molar-refractivity contribution in [2.24, 2.45) is 4.99 Å². The zero-order valence-corrected chi connectivity index (χ0v) is 12.8. The molecule has 1 aromatic heterocycles. The van der Waals surface area contributed by atoms with Crippen LogP contribution in [0.25, 0.3) is 0 Å². The molecule has 0 saturated heterocycles. The summed E-state index contributed by atoms with van der Waals surface area (Å²) in [6, 6.07) is 12.3. The lowest BCUT2D eigenvalue weighted by Crippen LogP contribution is -2.32. The quantitative estimate of drug-likeness (QED) is 0.796. The van der Waals surface area contributed by atoms with E-state index in [4.69, 9.17) is 4.99 Å². The van der Waals surface area contributed by atoms with Gasteiger partial charge in [0.1, 0.15) is 5.03 Å². The normalized spacial score (nSPS) is 15.9. The summed E-state index contributed by atoms with van der Waals surface area (Å²) in [5.41, 5.74) is 3.45. The first kappa shape index (κ1) is 13.9. The van der Waals surface area contributed by atoms with Gasteiger partial charge in [0.2, 0.25) is 0 Å². The highest BCUT2D eigenvalue weighted by Crippen LogP contribution is 2.31. The number of aliphatic imine (C=N–C) groups is 1. The Morgan fingerprint density at radius 3 is 2.90 bits per heavy atom. The van der Waals surface area contributed by atoms with Crippen molar-refractivity contribution in [3.63, 3.8) is 0 Å². The van der Waals surface area contributed by atoms with Crippen LogP contribution >= 0.6 is 11.8 Å². The molecule has 0 fully saturated rings. The number of hydrogen-bond acceptors (Lipinski definition) is 3. The molecule has 0 unspecified atom stereocenters. The van der Waals surface area contributed by atoms with Crippen molar-refractivity contribution in [3.05, 3.63) is 66.4 Å². The zero-order valence-electron chi connectivity index (χ0n) is 12.0. The van der Waals surface area contributed by atoms with Gasteiger partial charge in [0.25, 0.3) is 0 Å². The monoisotopic (exact) mass is 295 g/mol. The van der Waals surface area contributed by atoms with E-state index < -0.39 is 0 Å². The summed E-state index contributed by atoms with van der Waals surface area (Å²) in [4.78, 5) is 11.4. The number of hydrogen-bond donors (Lipinski definition) is 0. The Hall–Kier alpha value is -2.07. The van der Waals surface area contributed by atoms with E-state index in [0.717, 1.165) is 29.0 Å². The molecule has 3 nitrogen and oxygen atoms in total. The Labute approximate surface area is 129 Å². The lowest BCUT2D eigenvalue weighted by Gasteiger charge is -2.29. The first-order chi connectivity index (χ1) is 10.3. The highest BCUT2D eigenvalue weighted by atomic mass is 32.2. The molecule has 1 aromatic carbocycles. The molecule has 0 saturated carbocycles. The van der Waals surface area contributed by atoms with Gasteiger partial charge < -0.3 is 4.90 Å². The number of aromatic nitrogens is 1. The van der Waals surface area contributed by atoms with Gasteiger partial charge in [-0.3, -0.25) is 0 Å². The second kappa shape index (κ2) is 6.14. The SMILES string of the molecule is C=CCN1Cc2cccnc2SC1=Nc1ccc(C)cc1. The number of thioether (sulfide) groups is 1. The highest BCUT2D eigenvalue weighted by Gasteiger charge is 2.22. The van der Waals surface area contributed by atoms with E-state index in [1.54, 1.807) is 11.8 Å². The van der Waals surface area contributed by atoms with Crippen molar-refractivity contribution < 1.29 is 0 Å². The average molecular weight is 295 g/mol. The molecule has 21 heavy (non-hydrogen) atoms. The number of amidine groups is 1. The maximum Gasteiger partial charge on any atom is 0.171 e. The summed E-state index contributed by atoms with van der Waals surface area (Å²) in [6.07, 6.45) is 3.74. The minimum absolute atomic E-state index is 0.784. The molecule has 2 aromatic rings. The summed E-state index contributed by atoms with van der Waals surface area (Å²) in [7, 11) is 0. The van der Waals surface area contributed by atoms with E-state index in [1.807, 2.05) is 30.5 Å². The first-order valence-electron chi connectivity index (χ1n) is 6.89. The standard InChI is InChI=1S/C17H17N3S/c1-3-11-20-12-14-5-4-10-18-16(14)21-17(20)19-15-8-6-13(2)7-9-15/h3-10H,1,11-12H2,2H3. The number of aryl methyl sites for hydroxylation is 1. The molecule has 0 aliphatic carbocycles. The molecule has 3 rings (SSSR count). The Kier molecular flexibility index (Phi) is 4.06. The van der Waals surface area contributed by atoms with Gasteiger partial charge in [-0.2, -0.15) is 0 Å². The minimum Gasteiger partial charge on any atom is -0.343 e. The van der Waals surface area contributed by atoms with Crippen LogP contribution in [-0.2, 0) is 6.54 Å². The molecular weight excluding hydrogens is 278 g/mol. The lowest BCUT2D eigenvalue weighted by atomic mass is 10.2. The Bertz CT molecular complexity index is 677. The summed E-state index contributed by atoms with van der Waals surface area (Å²) < 4.78 is 0. The van der Waals surface area contributed by atoms with E-state index in [9.17, 15) is 0 Å². The smallest absolute Gasteiger partial charge is 0.171 e. The van der Waals surface area contributed by atoms with Gasteiger partial charge in [0, 0.05) is 24.8 Å². The number of pyridine rings is 1. The van der Waals surface area contributed by atoms with Gasteiger partial charge in [-0.1, -0.05) is 29.8 Å². The van der Waals surface area contributed by atoms with Crippen molar-refractivity contribution in [2.45, 2.75) is 18.5 Å². The maximum atomic E-state index is 4.78. The van der Waals surface area contributed by atoms with Crippen molar-refractivity contribution >= 4 is 22.6 Å². The number of fused-ring (bicyclic) bond motifs is 1. The molecule has 0 spiro atoms. The molecule has 0 N–H and O–H groups in total. The highest BCUT2D eigenvalue weighted by molar-refractivity contribution is 8.13. The fraction of sp³-hybridized carbons (Fsp3) is 0.176. The van der Waals surface area contributed by atoms with Crippen molar-refractivity contribution in [1.82, 2.24) is 9.88 Å². The molecule has 4 heteroatoms. The van der Waals surface area contributed by atoms with Crippen LogP contribution < -0.4 is 0 Å². The van der Waals surface area contributed by atoms with Gasteiger partial charge in [0.15, 0.2) is 5.17 Å². The van der Waals surface area contributed by atoms with E-state index in [-0.39, 0.29) is 0 Å². The number of rotatable bonds is 3. The van der Waals surface area contributed by atoms with E-state index >= 15 is 0 Å². The predicted molar refractivity (Wildman–Crippen MR) is 89.0 cm³/mol. The Balaban J connectivity index is 1.95. The van der Waals surface area contributed by atoms with Crippen LogP contribution in [0.5, 0.6) is 0 Å². The van der Waals surface area contributed by atoms with Crippen LogP contribution in [0, 0.1) is 6.92 Å². The van der Waals surface area contributed by atoms with E-state index in [1.165, 1.54) is 11.1 Å². The van der Waals surface area contributed by atoms with Gasteiger partial charge in [-0.25, -0.2) is 9.98 Å². The summed E-state index contributed by atoms with van der Waals surface area (Å²) in [5, 5.41) is 2.02. The molecule has 0 bridgehead atoms. The fourth-order valence-electron chi connectivity index (χ4n) is 2.18. The maximum absolute atomic E-state index is 4.78. The average Bonchev–Trinajstić information content (AvgIpc) is 2.50. The molecular formula is C17H17N3S. The molecule has 0 amide bonds. The van der Waals surface area contributed by atoms with Crippen LogP contribution in [0.15, 0.2) is 65.3 Å². The van der Waals surface area contributed by atoms with Crippen LogP contribution in [0.2, 0.25) is 0 Å². The van der Waals surface area contributed by atoms with Gasteiger partial charge in [0.05, 0.1) is 5.69 Å². The van der Waals surface area contributed by atoms with Gasteiger partial charge in [-0.05, 0) is 36.9 Å². The molecule has 106 valence electrons. The third kappa shape index (κ3) is 3.16.